The Morgan fingerprint density at radius 3 is 2.63 bits per heavy atom. The molecular weight excluding hydrogens is 242 g/mol. The van der Waals surface area contributed by atoms with E-state index in [0.29, 0.717) is 0 Å². The lowest BCUT2D eigenvalue weighted by Crippen LogP contribution is -2.17. The average molecular weight is 253 g/mol. The van der Waals surface area contributed by atoms with E-state index in [9.17, 15) is 4.79 Å². The third-order valence-corrected chi connectivity index (χ3v) is 2.69. The fourth-order valence-corrected chi connectivity index (χ4v) is 1.72. The first-order valence-corrected chi connectivity index (χ1v) is 5.72. The van der Waals surface area contributed by atoms with Gasteiger partial charge in [0.2, 0.25) is 0 Å². The van der Waals surface area contributed by atoms with Gasteiger partial charge < -0.3 is 5.32 Å². The van der Waals surface area contributed by atoms with Gasteiger partial charge in [0.25, 0.3) is 0 Å². The number of carbonyl (C=O) groups excluding carboxylic acids is 1. The van der Waals surface area contributed by atoms with Gasteiger partial charge in [0, 0.05) is 24.3 Å². The molecule has 2 N–H and O–H groups in total. The lowest BCUT2D eigenvalue weighted by atomic mass is 10.1. The maximum absolute atomic E-state index is 11.8. The number of aromatic nitrogens is 4. The normalized spacial score (nSPS) is 10.3. The Bertz CT molecular complexity index is 656. The highest BCUT2D eigenvalue weighted by Crippen LogP contribution is 2.18. The van der Waals surface area contributed by atoms with Gasteiger partial charge in [-0.05, 0) is 23.8 Å². The maximum atomic E-state index is 11.8. The third-order valence-electron chi connectivity index (χ3n) is 2.69. The van der Waals surface area contributed by atoms with Gasteiger partial charge in [-0.15, -0.1) is 0 Å². The predicted molar refractivity (Wildman–Crippen MR) is 70.7 cm³/mol. The molecule has 0 radical (unpaired) electrons. The molecule has 3 aromatic rings. The average Bonchev–Trinajstić information content (AvgIpc) is 3.13. The lowest BCUT2D eigenvalue weighted by Gasteiger charge is -2.05. The summed E-state index contributed by atoms with van der Waals surface area (Å²) < 4.78 is 1.38. The highest BCUT2D eigenvalue weighted by molar-refractivity contribution is 5.91. The van der Waals surface area contributed by atoms with E-state index in [4.69, 9.17) is 0 Å². The molecule has 3 rings (SSSR count). The Balaban J connectivity index is 1.75. The van der Waals surface area contributed by atoms with Crippen LogP contribution in [0.25, 0.3) is 11.3 Å². The number of rotatable bonds is 2. The molecule has 0 aliphatic rings. The second-order valence-corrected chi connectivity index (χ2v) is 3.95. The van der Waals surface area contributed by atoms with Gasteiger partial charge in [-0.1, -0.05) is 12.1 Å². The number of imidazole rings is 1. The molecule has 2 heterocycles. The third kappa shape index (κ3) is 2.37. The second kappa shape index (κ2) is 4.77. The predicted octanol–water partition coefficient (Wildman–Crippen LogP) is 2.35. The molecule has 0 unspecified atom stereocenters. The molecule has 19 heavy (non-hydrogen) atoms. The van der Waals surface area contributed by atoms with Gasteiger partial charge in [-0.3, -0.25) is 9.67 Å². The van der Waals surface area contributed by atoms with E-state index in [1.165, 1.54) is 10.9 Å². The number of aromatic amines is 1. The van der Waals surface area contributed by atoms with Gasteiger partial charge in [-0.2, -0.15) is 5.10 Å². The molecule has 0 aliphatic heterocycles. The van der Waals surface area contributed by atoms with Crippen molar-refractivity contribution in [3.8, 4) is 11.3 Å². The van der Waals surface area contributed by atoms with Crippen molar-refractivity contribution in [2.75, 3.05) is 5.32 Å². The molecule has 0 aliphatic carbocycles. The molecule has 0 atom stereocenters. The topological polar surface area (TPSA) is 75.6 Å². The molecule has 0 spiro atoms. The number of hydrogen-bond donors (Lipinski definition) is 2. The largest absolute Gasteiger partial charge is 0.331 e. The zero-order chi connectivity index (χ0) is 13.1. The van der Waals surface area contributed by atoms with Crippen molar-refractivity contribution in [1.82, 2.24) is 19.7 Å². The van der Waals surface area contributed by atoms with Crippen molar-refractivity contribution >= 4 is 11.7 Å². The number of nitrogens with zero attached hydrogens (tertiary/aromatic N) is 3. The summed E-state index contributed by atoms with van der Waals surface area (Å²) in [4.78, 5) is 15.6. The number of hydrogen-bond acceptors (Lipinski definition) is 3. The molecule has 94 valence electrons. The van der Waals surface area contributed by atoms with Crippen LogP contribution in [0.2, 0.25) is 0 Å². The van der Waals surface area contributed by atoms with Crippen molar-refractivity contribution in [2.45, 2.75) is 0 Å². The van der Waals surface area contributed by atoms with E-state index in [0.717, 1.165) is 16.9 Å². The quantitative estimate of drug-likeness (QED) is 0.736. The summed E-state index contributed by atoms with van der Waals surface area (Å²) in [5, 5.41) is 9.56. The van der Waals surface area contributed by atoms with Gasteiger partial charge in [0.05, 0.1) is 5.69 Å². The highest BCUT2D eigenvalue weighted by atomic mass is 16.2. The molecule has 0 fully saturated rings. The fraction of sp³-hybridized carbons (Fsp3) is 0. The minimum Gasteiger partial charge on any atom is -0.307 e. The van der Waals surface area contributed by atoms with Crippen LogP contribution in [-0.2, 0) is 0 Å². The maximum Gasteiger partial charge on any atom is 0.331 e. The monoisotopic (exact) mass is 253 g/mol. The van der Waals surface area contributed by atoms with Gasteiger partial charge >= 0.3 is 6.03 Å². The van der Waals surface area contributed by atoms with Crippen molar-refractivity contribution in [3.63, 3.8) is 0 Å². The molecule has 1 aromatic carbocycles. The number of H-pyrrole nitrogens is 1. The van der Waals surface area contributed by atoms with Crippen LogP contribution < -0.4 is 5.32 Å². The summed E-state index contributed by atoms with van der Waals surface area (Å²) in [6.07, 6.45) is 6.30. The zero-order valence-corrected chi connectivity index (χ0v) is 9.95. The summed E-state index contributed by atoms with van der Waals surface area (Å²) in [7, 11) is 0. The standard InChI is InChI=1S/C13H11N5O/c19-13(18-8-7-14-9-18)16-11-3-1-10(2-4-11)12-5-6-15-17-12/h1-9H,(H,15,17)(H,16,19). The minimum atomic E-state index is -0.244. The number of anilines is 1. The van der Waals surface area contributed by atoms with Crippen LogP contribution in [0, 0.1) is 0 Å². The summed E-state index contributed by atoms with van der Waals surface area (Å²) in [5.41, 5.74) is 2.67. The first kappa shape index (κ1) is 11.2. The Morgan fingerprint density at radius 2 is 2.00 bits per heavy atom. The van der Waals surface area contributed by atoms with Crippen LogP contribution in [0.4, 0.5) is 10.5 Å². The molecule has 6 heteroatoms. The molecule has 0 saturated heterocycles. The molecule has 0 bridgehead atoms. The smallest absolute Gasteiger partial charge is 0.307 e. The molecule has 2 aromatic heterocycles. The van der Waals surface area contributed by atoms with Gasteiger partial charge in [-0.25, -0.2) is 9.78 Å². The Kier molecular flexibility index (Phi) is 2.82. The lowest BCUT2D eigenvalue weighted by molar-refractivity contribution is 0.253. The van der Waals surface area contributed by atoms with Crippen molar-refractivity contribution in [3.05, 3.63) is 55.2 Å². The number of carbonyl (C=O) groups is 1. The van der Waals surface area contributed by atoms with E-state index in [1.54, 1.807) is 18.6 Å². The van der Waals surface area contributed by atoms with Gasteiger partial charge in [0.1, 0.15) is 6.33 Å². The molecule has 6 nitrogen and oxygen atoms in total. The summed E-state index contributed by atoms with van der Waals surface area (Å²) in [6, 6.07) is 9.15. The molecule has 0 saturated carbocycles. The number of nitrogens with one attached hydrogen (secondary N) is 2. The van der Waals surface area contributed by atoms with E-state index in [2.05, 4.69) is 20.5 Å². The van der Waals surface area contributed by atoms with E-state index in [1.807, 2.05) is 30.3 Å². The highest BCUT2D eigenvalue weighted by Gasteiger charge is 2.04. The van der Waals surface area contributed by atoms with Crippen molar-refractivity contribution < 1.29 is 4.79 Å². The van der Waals surface area contributed by atoms with Gasteiger partial charge in [0.15, 0.2) is 0 Å². The van der Waals surface area contributed by atoms with Crippen molar-refractivity contribution in [1.29, 1.82) is 0 Å². The fourth-order valence-electron chi connectivity index (χ4n) is 1.72. The summed E-state index contributed by atoms with van der Waals surface area (Å²) in [6.45, 7) is 0. The Labute approximate surface area is 109 Å². The van der Waals surface area contributed by atoms with Crippen LogP contribution >= 0.6 is 0 Å². The Morgan fingerprint density at radius 1 is 1.16 bits per heavy atom. The zero-order valence-electron chi connectivity index (χ0n) is 9.95. The molecular formula is C13H11N5O. The van der Waals surface area contributed by atoms with Crippen LogP contribution in [-0.4, -0.2) is 25.8 Å². The summed E-state index contributed by atoms with van der Waals surface area (Å²) in [5.74, 6) is 0. The minimum absolute atomic E-state index is 0.244. The van der Waals surface area contributed by atoms with Crippen molar-refractivity contribution in [2.24, 2.45) is 0 Å². The van der Waals surface area contributed by atoms with Crippen LogP contribution in [0.5, 0.6) is 0 Å². The number of benzene rings is 1. The van der Waals surface area contributed by atoms with Crippen LogP contribution in [0.15, 0.2) is 55.2 Å². The molecule has 1 amide bonds. The Hall–Kier alpha value is -2.89. The van der Waals surface area contributed by atoms with Crippen LogP contribution in [0.1, 0.15) is 0 Å². The van der Waals surface area contributed by atoms with Crippen LogP contribution in [0.3, 0.4) is 0 Å². The van der Waals surface area contributed by atoms with E-state index in [-0.39, 0.29) is 6.03 Å². The first-order chi connectivity index (χ1) is 9.33. The first-order valence-electron chi connectivity index (χ1n) is 5.72. The summed E-state index contributed by atoms with van der Waals surface area (Å²) >= 11 is 0. The van der Waals surface area contributed by atoms with E-state index < -0.39 is 0 Å². The SMILES string of the molecule is O=C(Nc1ccc(-c2ccn[nH]2)cc1)n1ccnc1. The second-order valence-electron chi connectivity index (χ2n) is 3.95. The van der Waals surface area contributed by atoms with E-state index >= 15 is 0 Å². The number of amides is 1.